The lowest BCUT2D eigenvalue weighted by Crippen LogP contribution is -2.53. The fourth-order valence-electron chi connectivity index (χ4n) is 4.82. The van der Waals surface area contributed by atoms with Crippen molar-refractivity contribution in [2.75, 3.05) is 32.0 Å². The molecule has 1 saturated heterocycles. The number of nitrogens with two attached hydrogens (primary N) is 1. The van der Waals surface area contributed by atoms with Crippen LogP contribution in [0.25, 0.3) is 0 Å². The minimum atomic E-state index is -1.10. The molecule has 7 nitrogen and oxygen atoms in total. The fraction of sp³-hybridized carbons (Fsp3) is 0.682. The Balaban J connectivity index is 1.76. The molecule has 1 aromatic rings. The van der Waals surface area contributed by atoms with E-state index in [-0.39, 0.29) is 11.3 Å². The van der Waals surface area contributed by atoms with Crippen LogP contribution in [0.2, 0.25) is 5.02 Å². The van der Waals surface area contributed by atoms with Gasteiger partial charge in [-0.15, -0.1) is 0 Å². The smallest absolute Gasteiger partial charge is 0.255 e. The fourth-order valence-corrected chi connectivity index (χ4v) is 4.98. The molecule has 168 valence electrons. The molecule has 2 aliphatic rings. The van der Waals surface area contributed by atoms with Gasteiger partial charge in [-0.1, -0.05) is 24.4 Å². The predicted octanol–water partition coefficient (Wildman–Crippen LogP) is 2.48. The van der Waals surface area contributed by atoms with Gasteiger partial charge in [0.1, 0.15) is 5.75 Å². The Morgan fingerprint density at radius 1 is 1.33 bits per heavy atom. The summed E-state index contributed by atoms with van der Waals surface area (Å²) in [7, 11) is 0. The molecule has 1 aromatic carbocycles. The van der Waals surface area contributed by atoms with Gasteiger partial charge in [-0.25, -0.2) is 0 Å². The molecule has 0 bridgehead atoms. The molecular formula is C22H34ClN3O4. The van der Waals surface area contributed by atoms with Crippen LogP contribution in [0.4, 0.5) is 5.69 Å². The van der Waals surface area contributed by atoms with E-state index in [1.165, 1.54) is 6.07 Å². The second-order valence-corrected chi connectivity index (χ2v) is 9.18. The first kappa shape index (κ1) is 23.1. The monoisotopic (exact) mass is 439 g/mol. The van der Waals surface area contributed by atoms with Gasteiger partial charge in [0.15, 0.2) is 0 Å². The van der Waals surface area contributed by atoms with Crippen molar-refractivity contribution >= 4 is 23.2 Å². The van der Waals surface area contributed by atoms with Gasteiger partial charge in [0, 0.05) is 12.6 Å². The van der Waals surface area contributed by atoms with E-state index >= 15 is 0 Å². The zero-order chi connectivity index (χ0) is 21.8. The summed E-state index contributed by atoms with van der Waals surface area (Å²) in [6, 6.07) is 3.10. The molecule has 0 radical (unpaired) electrons. The summed E-state index contributed by atoms with van der Waals surface area (Å²) in [5, 5.41) is 28.4. The number of rotatable bonds is 7. The lowest BCUT2D eigenvalue weighted by Gasteiger charge is -2.46. The quantitative estimate of drug-likeness (QED) is 0.417. The van der Waals surface area contributed by atoms with Crippen LogP contribution in [0.3, 0.4) is 0 Å². The van der Waals surface area contributed by atoms with E-state index in [1.54, 1.807) is 6.07 Å². The summed E-state index contributed by atoms with van der Waals surface area (Å²) in [6.07, 6.45) is 4.48. The molecule has 30 heavy (non-hydrogen) atoms. The largest absolute Gasteiger partial charge is 0.493 e. The van der Waals surface area contributed by atoms with Crippen molar-refractivity contribution < 1.29 is 19.7 Å². The van der Waals surface area contributed by atoms with E-state index in [9.17, 15) is 15.0 Å². The van der Waals surface area contributed by atoms with Gasteiger partial charge in [-0.3, -0.25) is 4.79 Å². The van der Waals surface area contributed by atoms with E-state index in [2.05, 4.69) is 10.6 Å². The van der Waals surface area contributed by atoms with E-state index in [0.29, 0.717) is 54.4 Å². The van der Waals surface area contributed by atoms with Gasteiger partial charge in [0.2, 0.25) is 0 Å². The van der Waals surface area contributed by atoms with Crippen molar-refractivity contribution in [2.24, 2.45) is 5.41 Å². The highest BCUT2D eigenvalue weighted by molar-refractivity contribution is 6.33. The van der Waals surface area contributed by atoms with E-state index in [1.807, 2.05) is 6.92 Å². The number of ether oxygens (including phenoxy) is 1. The molecule has 1 aliphatic carbocycles. The van der Waals surface area contributed by atoms with Crippen molar-refractivity contribution in [3.63, 3.8) is 0 Å². The van der Waals surface area contributed by atoms with Crippen LogP contribution in [0.15, 0.2) is 12.1 Å². The SMILES string of the molecule is CCOc1cc(N)c(Cl)cc1C(=O)NCC1(CC2(O)CCCCC2O)CCNCC1. The Kier molecular flexibility index (Phi) is 7.50. The third kappa shape index (κ3) is 5.19. The Hall–Kier alpha value is -1.54. The average Bonchev–Trinajstić information content (AvgIpc) is 2.72. The molecule has 1 amide bonds. The molecule has 3 rings (SSSR count). The van der Waals surface area contributed by atoms with Crippen molar-refractivity contribution in [1.82, 2.24) is 10.6 Å². The standard InChI is InChI=1S/C22H34ClN3O4/c1-2-30-18-12-17(24)16(23)11-15(18)20(28)26-14-21(7-9-25-10-8-21)13-22(29)6-4-3-5-19(22)27/h11-12,19,25,27,29H,2-10,13-14,24H2,1H3,(H,26,28). The highest BCUT2D eigenvalue weighted by atomic mass is 35.5. The molecule has 1 heterocycles. The number of aliphatic hydroxyl groups excluding tert-OH is 1. The molecular weight excluding hydrogens is 406 g/mol. The maximum atomic E-state index is 13.0. The molecule has 2 fully saturated rings. The number of halogens is 1. The Morgan fingerprint density at radius 3 is 2.73 bits per heavy atom. The summed E-state index contributed by atoms with van der Waals surface area (Å²) in [5.74, 6) is 0.118. The molecule has 1 aliphatic heterocycles. The highest BCUT2D eigenvalue weighted by Gasteiger charge is 2.46. The number of benzene rings is 1. The Labute approximate surface area is 183 Å². The number of nitrogens with one attached hydrogen (secondary N) is 2. The van der Waals surface area contributed by atoms with Gasteiger partial charge in [0.05, 0.1) is 34.6 Å². The first-order chi connectivity index (χ1) is 14.3. The first-order valence-electron chi connectivity index (χ1n) is 10.9. The lowest BCUT2D eigenvalue weighted by molar-refractivity contribution is -0.127. The maximum absolute atomic E-state index is 13.0. The average molecular weight is 440 g/mol. The van der Waals surface area contributed by atoms with Crippen LogP contribution in [0.5, 0.6) is 5.75 Å². The van der Waals surface area contributed by atoms with Crippen LogP contribution in [-0.2, 0) is 0 Å². The number of carbonyl (C=O) groups is 1. The van der Waals surface area contributed by atoms with Gasteiger partial charge in [-0.05, 0) is 63.6 Å². The summed E-state index contributed by atoms with van der Waals surface area (Å²) in [5.41, 5.74) is 5.19. The molecule has 0 aromatic heterocycles. The van der Waals surface area contributed by atoms with Crippen LogP contribution >= 0.6 is 11.6 Å². The van der Waals surface area contributed by atoms with Crippen LogP contribution in [0, 0.1) is 5.41 Å². The second kappa shape index (κ2) is 9.73. The molecule has 2 unspecified atom stereocenters. The highest BCUT2D eigenvalue weighted by Crippen LogP contribution is 2.43. The summed E-state index contributed by atoms with van der Waals surface area (Å²) >= 11 is 6.14. The molecule has 1 saturated carbocycles. The van der Waals surface area contributed by atoms with Gasteiger partial charge >= 0.3 is 0 Å². The zero-order valence-electron chi connectivity index (χ0n) is 17.7. The first-order valence-corrected chi connectivity index (χ1v) is 11.3. The number of hydrogen-bond acceptors (Lipinski definition) is 6. The van der Waals surface area contributed by atoms with E-state index < -0.39 is 11.7 Å². The lowest BCUT2D eigenvalue weighted by atomic mass is 9.66. The third-order valence-corrected chi connectivity index (χ3v) is 6.90. The predicted molar refractivity (Wildman–Crippen MR) is 118 cm³/mol. The van der Waals surface area contributed by atoms with E-state index in [0.717, 1.165) is 38.8 Å². The number of aliphatic hydroxyl groups is 2. The minimum absolute atomic E-state index is 0.280. The van der Waals surface area contributed by atoms with Crippen LogP contribution in [-0.4, -0.2) is 54.1 Å². The van der Waals surface area contributed by atoms with Gasteiger partial charge in [-0.2, -0.15) is 0 Å². The normalized spacial score (nSPS) is 26.2. The maximum Gasteiger partial charge on any atom is 0.255 e. The van der Waals surface area contributed by atoms with Crippen LogP contribution in [0.1, 0.15) is 62.2 Å². The third-order valence-electron chi connectivity index (χ3n) is 6.57. The number of nitrogen functional groups attached to an aromatic ring is 1. The summed E-state index contributed by atoms with van der Waals surface area (Å²) < 4.78 is 5.58. The number of carbonyl (C=O) groups excluding carboxylic acids is 1. The molecule has 8 heteroatoms. The number of amides is 1. The van der Waals surface area contributed by atoms with E-state index in [4.69, 9.17) is 22.1 Å². The van der Waals surface area contributed by atoms with Gasteiger partial charge in [0.25, 0.3) is 5.91 Å². The molecule has 6 N–H and O–H groups in total. The Bertz CT molecular complexity index is 754. The van der Waals surface area contributed by atoms with Crippen LogP contribution < -0.4 is 21.1 Å². The van der Waals surface area contributed by atoms with Crippen molar-refractivity contribution in [2.45, 2.75) is 63.6 Å². The topological polar surface area (TPSA) is 117 Å². The van der Waals surface area contributed by atoms with Crippen molar-refractivity contribution in [3.8, 4) is 5.75 Å². The van der Waals surface area contributed by atoms with Crippen molar-refractivity contribution in [3.05, 3.63) is 22.7 Å². The Morgan fingerprint density at radius 2 is 2.07 bits per heavy atom. The van der Waals surface area contributed by atoms with Gasteiger partial charge < -0.3 is 31.3 Å². The number of piperidine rings is 1. The zero-order valence-corrected chi connectivity index (χ0v) is 18.4. The number of anilines is 1. The molecule has 0 spiro atoms. The number of hydrogen-bond donors (Lipinski definition) is 5. The summed E-state index contributed by atoms with van der Waals surface area (Å²) in [6.45, 7) is 4.30. The summed E-state index contributed by atoms with van der Waals surface area (Å²) in [4.78, 5) is 13.0. The van der Waals surface area contributed by atoms with Crippen molar-refractivity contribution in [1.29, 1.82) is 0 Å². The minimum Gasteiger partial charge on any atom is -0.493 e. The second-order valence-electron chi connectivity index (χ2n) is 8.78. The molecule has 2 atom stereocenters.